The van der Waals surface area contributed by atoms with Crippen molar-refractivity contribution in [2.75, 3.05) is 44.7 Å². The van der Waals surface area contributed by atoms with Crippen LogP contribution in [0.2, 0.25) is 0 Å². The molecule has 5 rings (SSSR count). The lowest BCUT2D eigenvalue weighted by Gasteiger charge is -2.41. The molecule has 6 atom stereocenters. The summed E-state index contributed by atoms with van der Waals surface area (Å²) >= 11 is 0. The number of ether oxygens (including phenoxy) is 1. The van der Waals surface area contributed by atoms with Gasteiger partial charge in [0.05, 0.1) is 12.0 Å². The zero-order valence-electron chi connectivity index (χ0n) is 19.1. The summed E-state index contributed by atoms with van der Waals surface area (Å²) in [5, 5.41) is 2.91. The van der Waals surface area contributed by atoms with Crippen LogP contribution < -0.4 is 10.2 Å². The Bertz CT molecular complexity index is 995. The number of hydrogen-bond acceptors (Lipinski definition) is 6. The van der Waals surface area contributed by atoms with Crippen molar-refractivity contribution in [2.45, 2.75) is 37.6 Å². The predicted molar refractivity (Wildman–Crippen MR) is 123 cm³/mol. The number of amides is 2. The van der Waals surface area contributed by atoms with Gasteiger partial charge >= 0.3 is 0 Å². The first kappa shape index (κ1) is 21.9. The van der Waals surface area contributed by atoms with E-state index in [9.17, 15) is 14.4 Å². The molecule has 5 unspecified atom stereocenters. The topological polar surface area (TPSA) is 82.2 Å². The molecule has 4 saturated heterocycles. The van der Waals surface area contributed by atoms with Crippen LogP contribution in [0.3, 0.4) is 0 Å². The van der Waals surface area contributed by atoms with Crippen LogP contribution in [0.25, 0.3) is 0 Å². The van der Waals surface area contributed by atoms with Gasteiger partial charge in [0.1, 0.15) is 24.8 Å². The second-order valence-electron chi connectivity index (χ2n) is 9.69. The van der Waals surface area contributed by atoms with Crippen molar-refractivity contribution in [1.82, 2.24) is 15.1 Å². The summed E-state index contributed by atoms with van der Waals surface area (Å²) in [6, 6.07) is 5.95. The van der Waals surface area contributed by atoms with Crippen LogP contribution in [0.15, 0.2) is 24.3 Å². The molecule has 1 N–H and O–H groups in total. The number of fused-ring (bicyclic) bond motifs is 3. The Balaban J connectivity index is 1.29. The summed E-state index contributed by atoms with van der Waals surface area (Å²) in [5.74, 6) is 1.84. The van der Waals surface area contributed by atoms with Crippen molar-refractivity contribution < 1.29 is 19.1 Å². The molecule has 33 heavy (non-hydrogen) atoms. The molecule has 174 valence electrons. The second kappa shape index (κ2) is 8.47. The molecule has 4 aliphatic rings. The Labute approximate surface area is 194 Å². The third kappa shape index (κ3) is 3.69. The van der Waals surface area contributed by atoms with E-state index in [-0.39, 0.29) is 42.1 Å². The summed E-state index contributed by atoms with van der Waals surface area (Å²) in [4.78, 5) is 45.0. The van der Waals surface area contributed by atoms with Gasteiger partial charge in [0.15, 0.2) is 5.78 Å². The number of hydrogen-bond donors (Lipinski definition) is 1. The fraction of sp³-hybridized carbons (Fsp3) is 0.560. The van der Waals surface area contributed by atoms with Gasteiger partial charge in [0.25, 0.3) is 5.91 Å². The molecule has 0 saturated carbocycles. The van der Waals surface area contributed by atoms with Crippen molar-refractivity contribution in [1.29, 1.82) is 0 Å². The molecule has 4 fully saturated rings. The van der Waals surface area contributed by atoms with Gasteiger partial charge in [0, 0.05) is 37.4 Å². The molecule has 8 nitrogen and oxygen atoms in total. The lowest BCUT2D eigenvalue weighted by molar-refractivity contribution is -0.145. The maximum absolute atomic E-state index is 13.4. The molecule has 2 amide bonds. The van der Waals surface area contributed by atoms with E-state index >= 15 is 0 Å². The number of carbonyl (C=O) groups is 3. The minimum Gasteiger partial charge on any atom is -0.369 e. The lowest BCUT2D eigenvalue weighted by Crippen LogP contribution is -2.60. The lowest BCUT2D eigenvalue weighted by atomic mass is 9.82. The summed E-state index contributed by atoms with van der Waals surface area (Å²) in [5.41, 5.74) is 1.60. The molecule has 8 heteroatoms. The van der Waals surface area contributed by atoms with Gasteiger partial charge in [0.2, 0.25) is 5.91 Å². The Hall–Kier alpha value is -2.89. The summed E-state index contributed by atoms with van der Waals surface area (Å²) in [6.07, 6.45) is 5.79. The van der Waals surface area contributed by atoms with Crippen LogP contribution >= 0.6 is 0 Å². The molecule has 0 radical (unpaired) electrons. The minimum atomic E-state index is -0.688. The number of likely N-dealkylation sites (N-methyl/N-ethyl adjacent to an activating group) is 1. The van der Waals surface area contributed by atoms with E-state index in [1.807, 2.05) is 19.1 Å². The number of piperidine rings is 1. The first-order valence-electron chi connectivity index (χ1n) is 11.7. The average molecular weight is 451 g/mol. The fourth-order valence-electron chi connectivity index (χ4n) is 5.85. The van der Waals surface area contributed by atoms with Crippen molar-refractivity contribution in [3.8, 4) is 12.3 Å². The van der Waals surface area contributed by atoms with Crippen molar-refractivity contribution in [3.63, 3.8) is 0 Å². The number of carbonyl (C=O) groups excluding carboxylic acids is 3. The summed E-state index contributed by atoms with van der Waals surface area (Å²) in [6.45, 7) is 5.93. The Morgan fingerprint density at radius 1 is 1.15 bits per heavy atom. The van der Waals surface area contributed by atoms with Crippen molar-refractivity contribution in [3.05, 3.63) is 29.8 Å². The molecular formula is C25H30N4O4. The van der Waals surface area contributed by atoms with E-state index in [0.29, 0.717) is 12.0 Å². The zero-order valence-corrected chi connectivity index (χ0v) is 19.1. The number of benzene rings is 1. The van der Waals surface area contributed by atoms with Crippen molar-refractivity contribution >= 4 is 23.3 Å². The van der Waals surface area contributed by atoms with Crippen LogP contribution in [0, 0.1) is 24.2 Å². The monoisotopic (exact) mass is 450 g/mol. The van der Waals surface area contributed by atoms with Gasteiger partial charge in [-0.15, -0.1) is 6.42 Å². The highest BCUT2D eigenvalue weighted by atomic mass is 16.5. The Morgan fingerprint density at radius 2 is 1.85 bits per heavy atom. The summed E-state index contributed by atoms with van der Waals surface area (Å²) < 4.78 is 5.65. The first-order valence-corrected chi connectivity index (χ1v) is 11.7. The van der Waals surface area contributed by atoms with Gasteiger partial charge < -0.3 is 24.8 Å². The van der Waals surface area contributed by atoms with E-state index in [0.717, 1.165) is 31.9 Å². The summed E-state index contributed by atoms with van der Waals surface area (Å²) in [7, 11) is 2.12. The quantitative estimate of drug-likeness (QED) is 0.671. The van der Waals surface area contributed by atoms with E-state index in [1.165, 1.54) is 0 Å². The van der Waals surface area contributed by atoms with Gasteiger partial charge in [-0.05, 0) is 43.7 Å². The number of nitrogens with one attached hydrogen (secondary N) is 1. The standard InChI is InChI=1S/C25H30N4O4/c1-4-18-21-15(2)13-19(25(32)29(21)22-20(30)14-33-23(18)22)26-24(31)16-5-7-17(8-6-16)28-11-9-27(3)10-12-28/h1,5-8,15,18-19,21-23H,9-14H2,2-3H3,(H,26,31)/t15?,18-,19?,21?,22?,23?/m1/s1. The second-order valence-corrected chi connectivity index (χ2v) is 9.69. The van der Waals surface area contributed by atoms with E-state index in [4.69, 9.17) is 11.2 Å². The normalized spacial score (nSPS) is 34.1. The molecule has 0 aromatic heterocycles. The van der Waals surface area contributed by atoms with Gasteiger partial charge in [-0.1, -0.05) is 12.8 Å². The molecule has 0 spiro atoms. The largest absolute Gasteiger partial charge is 0.369 e. The maximum Gasteiger partial charge on any atom is 0.251 e. The fourth-order valence-corrected chi connectivity index (χ4v) is 5.85. The number of anilines is 1. The van der Waals surface area contributed by atoms with Crippen LogP contribution in [-0.2, 0) is 14.3 Å². The number of rotatable bonds is 3. The van der Waals surface area contributed by atoms with Gasteiger partial charge in [-0.25, -0.2) is 0 Å². The maximum atomic E-state index is 13.4. The zero-order chi connectivity index (χ0) is 23.3. The average Bonchev–Trinajstić information content (AvgIpc) is 3.35. The minimum absolute atomic E-state index is 0.0188. The number of nitrogens with zero attached hydrogens (tertiary/aromatic N) is 3. The molecule has 4 aliphatic heterocycles. The number of piperazine rings is 1. The Morgan fingerprint density at radius 3 is 2.52 bits per heavy atom. The molecule has 0 aliphatic carbocycles. The van der Waals surface area contributed by atoms with Gasteiger partial charge in [-0.2, -0.15) is 0 Å². The molecule has 4 heterocycles. The number of Topliss-reactive ketones (excluding diaryl/α,β-unsaturated/α-hetero) is 1. The molecule has 1 aromatic rings. The van der Waals surface area contributed by atoms with Crippen molar-refractivity contribution in [2.24, 2.45) is 11.8 Å². The smallest absolute Gasteiger partial charge is 0.251 e. The number of ketones is 1. The molecule has 1 aromatic carbocycles. The van der Waals surface area contributed by atoms with Crippen LogP contribution in [-0.4, -0.2) is 91.5 Å². The van der Waals surface area contributed by atoms with Crippen LogP contribution in [0.5, 0.6) is 0 Å². The van der Waals surface area contributed by atoms with Crippen LogP contribution in [0.1, 0.15) is 23.7 Å². The van der Waals surface area contributed by atoms with E-state index < -0.39 is 18.2 Å². The molecular weight excluding hydrogens is 420 g/mol. The Kier molecular flexibility index (Phi) is 5.63. The predicted octanol–water partition coefficient (Wildman–Crippen LogP) is 0.373. The van der Waals surface area contributed by atoms with E-state index in [1.54, 1.807) is 17.0 Å². The first-order chi connectivity index (χ1) is 15.9. The SMILES string of the molecule is C#C[C@H]1C2OCC(=O)C2N2C(=O)C(NC(=O)c3ccc(N4CCN(C)CC4)cc3)CC(C)C12. The van der Waals surface area contributed by atoms with Gasteiger partial charge in [-0.3, -0.25) is 14.4 Å². The van der Waals surface area contributed by atoms with Crippen LogP contribution in [0.4, 0.5) is 5.69 Å². The third-order valence-corrected chi connectivity index (χ3v) is 7.64. The highest BCUT2D eigenvalue weighted by molar-refractivity contribution is 6.00. The highest BCUT2D eigenvalue weighted by Crippen LogP contribution is 2.43. The molecule has 0 bridgehead atoms. The third-order valence-electron chi connectivity index (χ3n) is 7.64. The highest BCUT2D eigenvalue weighted by Gasteiger charge is 2.61. The van der Waals surface area contributed by atoms with E-state index in [2.05, 4.69) is 28.1 Å². The number of terminal acetylenes is 1.